The van der Waals surface area contributed by atoms with Gasteiger partial charge in [0.25, 0.3) is 5.66 Å². The van der Waals surface area contributed by atoms with Crippen molar-refractivity contribution in [2.45, 2.75) is 25.4 Å². The monoisotopic (exact) mass is 358 g/mol. The van der Waals surface area contributed by atoms with Crippen LogP contribution >= 0.6 is 9.24 Å². The van der Waals surface area contributed by atoms with E-state index in [2.05, 4.69) is 5.32 Å². The number of rotatable bonds is 4. The van der Waals surface area contributed by atoms with Crippen molar-refractivity contribution in [3.8, 4) is 0 Å². The lowest BCUT2D eigenvalue weighted by molar-refractivity contribution is -0.149. The number of anilines is 1. The number of halogens is 2. The van der Waals surface area contributed by atoms with E-state index in [0.29, 0.717) is 38.2 Å². The minimum Gasteiger partial charge on any atom is -0.466 e. The van der Waals surface area contributed by atoms with Crippen LogP contribution in [0.25, 0.3) is 0 Å². The molecule has 5 nitrogen and oxygen atoms in total. The summed E-state index contributed by atoms with van der Waals surface area (Å²) >= 11 is 0. The van der Waals surface area contributed by atoms with Gasteiger partial charge in [0.15, 0.2) is 0 Å². The second-order valence-electron chi connectivity index (χ2n) is 5.65. The van der Waals surface area contributed by atoms with Crippen LogP contribution in [0.2, 0.25) is 0 Å². The molecule has 1 atom stereocenters. The van der Waals surface area contributed by atoms with E-state index >= 15 is 0 Å². The lowest BCUT2D eigenvalue weighted by Gasteiger charge is -2.31. The fraction of sp³-hybridized carbons (Fsp3) is 0.500. The van der Waals surface area contributed by atoms with Gasteiger partial charge in [-0.05, 0) is 31.9 Å². The van der Waals surface area contributed by atoms with Crippen molar-refractivity contribution in [2.75, 3.05) is 25.0 Å². The summed E-state index contributed by atoms with van der Waals surface area (Å²) < 4.78 is 31.6. The molecule has 1 unspecified atom stereocenters. The highest BCUT2D eigenvalue weighted by Gasteiger charge is 2.29. The fourth-order valence-electron chi connectivity index (χ4n) is 2.59. The number of amides is 2. The molecule has 0 bridgehead atoms. The first-order chi connectivity index (χ1) is 11.3. The number of benzene rings is 1. The number of alkyl halides is 2. The maximum absolute atomic E-state index is 13.3. The molecule has 1 N–H and O–H groups in total. The molecule has 1 fully saturated rings. The number of piperidine rings is 1. The van der Waals surface area contributed by atoms with Gasteiger partial charge < -0.3 is 15.0 Å². The summed E-state index contributed by atoms with van der Waals surface area (Å²) in [6.45, 7) is 2.95. The third-order valence-corrected chi connectivity index (χ3v) is 4.23. The van der Waals surface area contributed by atoms with Crippen LogP contribution in [0.5, 0.6) is 0 Å². The van der Waals surface area contributed by atoms with Crippen LogP contribution in [0.4, 0.5) is 19.3 Å². The van der Waals surface area contributed by atoms with Crippen molar-refractivity contribution in [2.24, 2.45) is 5.92 Å². The number of urea groups is 1. The highest BCUT2D eigenvalue weighted by Crippen LogP contribution is 2.35. The van der Waals surface area contributed by atoms with Crippen LogP contribution in [-0.2, 0) is 15.2 Å². The molecule has 1 saturated heterocycles. The van der Waals surface area contributed by atoms with Crippen LogP contribution < -0.4 is 5.32 Å². The van der Waals surface area contributed by atoms with E-state index < -0.39 is 5.66 Å². The zero-order chi connectivity index (χ0) is 17.7. The predicted octanol–water partition coefficient (Wildman–Crippen LogP) is 3.42. The van der Waals surface area contributed by atoms with Gasteiger partial charge in [-0.2, -0.15) is 8.78 Å². The average molecular weight is 358 g/mol. The normalized spacial score (nSPS) is 15.9. The van der Waals surface area contributed by atoms with Crippen molar-refractivity contribution in [1.82, 2.24) is 4.90 Å². The van der Waals surface area contributed by atoms with Crippen molar-refractivity contribution >= 4 is 26.9 Å². The highest BCUT2D eigenvalue weighted by molar-refractivity contribution is 7.17. The van der Waals surface area contributed by atoms with Gasteiger partial charge in [-0.15, -0.1) is 0 Å². The molecular formula is C16H21F2N2O3P. The van der Waals surface area contributed by atoms with Crippen LogP contribution in [0.15, 0.2) is 24.3 Å². The summed E-state index contributed by atoms with van der Waals surface area (Å²) in [6, 6.07) is 5.21. The van der Waals surface area contributed by atoms with E-state index in [1.807, 2.05) is 0 Å². The van der Waals surface area contributed by atoms with Gasteiger partial charge in [0.1, 0.15) is 0 Å². The number of hydrogen-bond acceptors (Lipinski definition) is 3. The smallest absolute Gasteiger partial charge is 0.321 e. The third-order valence-electron chi connectivity index (χ3n) is 3.90. The summed E-state index contributed by atoms with van der Waals surface area (Å²) in [5.74, 6) is -0.416. The minimum atomic E-state index is -3.04. The Labute approximate surface area is 141 Å². The Kier molecular flexibility index (Phi) is 6.10. The summed E-state index contributed by atoms with van der Waals surface area (Å²) in [4.78, 5) is 25.5. The Morgan fingerprint density at radius 1 is 1.38 bits per heavy atom. The molecule has 0 saturated carbocycles. The first-order valence-electron chi connectivity index (χ1n) is 7.81. The lowest BCUT2D eigenvalue weighted by Crippen LogP contribution is -2.42. The fourth-order valence-corrected chi connectivity index (χ4v) is 2.76. The summed E-state index contributed by atoms with van der Waals surface area (Å²) in [5.41, 5.74) is -2.92. The number of ether oxygens (including phenoxy) is 1. The number of esters is 1. The predicted molar refractivity (Wildman–Crippen MR) is 90.0 cm³/mol. The van der Waals surface area contributed by atoms with Crippen LogP contribution in [0.1, 0.15) is 25.3 Å². The van der Waals surface area contributed by atoms with E-state index in [1.54, 1.807) is 17.9 Å². The SMILES string of the molecule is CCOC(=O)C1CCN(C(=O)Nc2cccc(C(F)(F)P)c2)CC1. The second-order valence-corrected chi connectivity index (χ2v) is 6.37. The first kappa shape index (κ1) is 18.6. The Bertz CT molecular complexity index is 599. The number of carbonyl (C=O) groups is 2. The Hall–Kier alpha value is -1.75. The molecule has 0 aliphatic carbocycles. The topological polar surface area (TPSA) is 58.6 Å². The Morgan fingerprint density at radius 3 is 2.62 bits per heavy atom. The van der Waals surface area contributed by atoms with Gasteiger partial charge in [0.05, 0.1) is 12.5 Å². The second kappa shape index (κ2) is 7.88. The standard InChI is InChI=1S/C16H21F2N2O3P/c1-2-23-14(21)11-6-8-20(9-7-11)15(22)19-13-5-3-4-12(10-13)16(17,18)24/h3-5,10-11H,2,6-9,24H2,1H3,(H,19,22). The molecule has 8 heteroatoms. The van der Waals surface area contributed by atoms with E-state index in [1.165, 1.54) is 27.4 Å². The average Bonchev–Trinajstić information content (AvgIpc) is 2.54. The van der Waals surface area contributed by atoms with Gasteiger partial charge in [0.2, 0.25) is 0 Å². The molecule has 2 rings (SSSR count). The van der Waals surface area contributed by atoms with Gasteiger partial charge in [-0.25, -0.2) is 4.79 Å². The first-order valence-corrected chi connectivity index (χ1v) is 8.38. The van der Waals surface area contributed by atoms with Gasteiger partial charge >= 0.3 is 12.0 Å². The minimum absolute atomic E-state index is 0.187. The highest BCUT2D eigenvalue weighted by atomic mass is 31.0. The van der Waals surface area contributed by atoms with Crippen molar-refractivity contribution in [3.05, 3.63) is 29.8 Å². The van der Waals surface area contributed by atoms with E-state index in [0.717, 1.165) is 0 Å². The van der Waals surface area contributed by atoms with Crippen LogP contribution in [-0.4, -0.2) is 36.6 Å². The Morgan fingerprint density at radius 2 is 2.04 bits per heavy atom. The zero-order valence-corrected chi connectivity index (χ0v) is 14.6. The molecule has 0 radical (unpaired) electrons. The van der Waals surface area contributed by atoms with Gasteiger partial charge in [0, 0.05) is 24.3 Å². The molecule has 2 amide bonds. The summed E-state index contributed by atoms with van der Waals surface area (Å²) in [7, 11) is 1.47. The van der Waals surface area contributed by atoms with E-state index in [-0.39, 0.29) is 23.5 Å². The number of nitrogens with zero attached hydrogens (tertiary/aromatic N) is 1. The quantitative estimate of drug-likeness (QED) is 0.663. The van der Waals surface area contributed by atoms with Crippen LogP contribution in [0, 0.1) is 5.92 Å². The number of likely N-dealkylation sites (tertiary alicyclic amines) is 1. The van der Waals surface area contributed by atoms with E-state index in [4.69, 9.17) is 4.74 Å². The van der Waals surface area contributed by atoms with E-state index in [9.17, 15) is 18.4 Å². The maximum Gasteiger partial charge on any atom is 0.321 e. The number of nitrogens with one attached hydrogen (secondary N) is 1. The largest absolute Gasteiger partial charge is 0.466 e. The number of carbonyl (C=O) groups excluding carboxylic acids is 2. The molecule has 0 aromatic heterocycles. The molecule has 1 aliphatic heterocycles. The summed E-state index contributed by atoms with van der Waals surface area (Å²) in [5, 5.41) is 2.62. The molecular weight excluding hydrogens is 337 g/mol. The Balaban J connectivity index is 1.91. The van der Waals surface area contributed by atoms with Crippen molar-refractivity contribution in [3.63, 3.8) is 0 Å². The molecule has 1 aliphatic rings. The summed E-state index contributed by atoms with van der Waals surface area (Å²) in [6.07, 6.45) is 1.08. The number of hydrogen-bond donors (Lipinski definition) is 1. The molecule has 1 aromatic carbocycles. The zero-order valence-electron chi connectivity index (χ0n) is 13.4. The molecule has 132 valence electrons. The van der Waals surface area contributed by atoms with Crippen molar-refractivity contribution < 1.29 is 23.1 Å². The van der Waals surface area contributed by atoms with Crippen molar-refractivity contribution in [1.29, 1.82) is 0 Å². The molecule has 24 heavy (non-hydrogen) atoms. The molecule has 1 heterocycles. The van der Waals surface area contributed by atoms with Gasteiger partial charge in [-0.1, -0.05) is 21.4 Å². The van der Waals surface area contributed by atoms with Crippen LogP contribution in [0.3, 0.4) is 0 Å². The van der Waals surface area contributed by atoms with Gasteiger partial charge in [-0.3, -0.25) is 4.79 Å². The molecule has 1 aromatic rings. The maximum atomic E-state index is 13.3. The third kappa shape index (κ3) is 4.87. The molecule has 0 spiro atoms. The lowest BCUT2D eigenvalue weighted by atomic mass is 9.97.